The quantitative estimate of drug-likeness (QED) is 0.101. The number of carbonyl (C=O) groups excluding carboxylic acids is 2. The third-order valence-corrected chi connectivity index (χ3v) is 9.26. The van der Waals surface area contributed by atoms with Gasteiger partial charge in [0.1, 0.15) is 17.0 Å². The summed E-state index contributed by atoms with van der Waals surface area (Å²) in [6.45, 7) is 9.21. The predicted molar refractivity (Wildman–Crippen MR) is 200 cm³/mol. The van der Waals surface area contributed by atoms with Gasteiger partial charge in [0.2, 0.25) is 5.91 Å². The standard InChI is InChI=1S/C39H44BrN7O3/c1-38(2,3)50-37(49)44-39(4,5)36(48)43-33(21-27-23-42-32-15-9-7-13-30(27)32)35-46-45-34(47(35)24-25-17-19-28(40)20-18-25)16-10-11-26-22-41-31-14-8-6-12-29(26)31/h6-9,12-15,17-20,22-23,33,41-42H,10-11,16,21,24H2,1-5H3,(H,43,48)(H,44,49)/t33-/m1/s1. The molecule has 0 saturated carbocycles. The number of para-hydroxylation sites is 2. The van der Waals surface area contributed by atoms with Crippen molar-refractivity contribution in [2.45, 2.75) is 84.0 Å². The number of aryl methyl sites for hydroxylation is 2. The number of halogens is 1. The highest BCUT2D eigenvalue weighted by atomic mass is 79.9. The number of hydrogen-bond acceptors (Lipinski definition) is 5. The van der Waals surface area contributed by atoms with Gasteiger partial charge in [0, 0.05) is 51.5 Å². The monoisotopic (exact) mass is 737 g/mol. The van der Waals surface area contributed by atoms with Gasteiger partial charge in [-0.15, -0.1) is 10.2 Å². The van der Waals surface area contributed by atoms with Gasteiger partial charge in [-0.1, -0.05) is 64.5 Å². The fraction of sp³-hybridized carbons (Fsp3) is 0.333. The topological polar surface area (TPSA) is 130 Å². The van der Waals surface area contributed by atoms with E-state index in [2.05, 4.69) is 83.7 Å². The Balaban J connectivity index is 1.33. The van der Waals surface area contributed by atoms with Crippen molar-refractivity contribution in [1.29, 1.82) is 0 Å². The molecule has 6 rings (SSSR count). The van der Waals surface area contributed by atoms with Gasteiger partial charge in [0.05, 0.1) is 12.6 Å². The number of ether oxygens (including phenoxy) is 1. The van der Waals surface area contributed by atoms with Crippen LogP contribution in [0.4, 0.5) is 4.79 Å². The Morgan fingerprint density at radius 1 is 0.840 bits per heavy atom. The minimum absolute atomic E-state index is 0.368. The third-order valence-electron chi connectivity index (χ3n) is 8.73. The lowest BCUT2D eigenvalue weighted by atomic mass is 10.0. The molecule has 2 amide bonds. The summed E-state index contributed by atoms with van der Waals surface area (Å²) in [5.41, 5.74) is 3.53. The van der Waals surface area contributed by atoms with Gasteiger partial charge < -0.3 is 29.9 Å². The molecule has 1 atom stereocenters. The number of nitrogens with one attached hydrogen (secondary N) is 4. The molecule has 0 radical (unpaired) electrons. The van der Waals surface area contributed by atoms with Crippen molar-refractivity contribution in [3.05, 3.63) is 118 Å². The smallest absolute Gasteiger partial charge is 0.408 e. The van der Waals surface area contributed by atoms with Crippen LogP contribution in [0.1, 0.15) is 75.4 Å². The van der Waals surface area contributed by atoms with Crippen LogP contribution in [0, 0.1) is 0 Å². The zero-order chi connectivity index (χ0) is 35.5. The average Bonchev–Trinajstić information content (AvgIpc) is 3.78. The van der Waals surface area contributed by atoms with E-state index in [-0.39, 0.29) is 5.91 Å². The van der Waals surface area contributed by atoms with Gasteiger partial charge in [-0.05, 0) is 88.4 Å². The van der Waals surface area contributed by atoms with Crippen LogP contribution in [-0.4, -0.2) is 47.9 Å². The Kier molecular flexibility index (Phi) is 10.2. The molecule has 0 aliphatic heterocycles. The Morgan fingerprint density at radius 2 is 1.46 bits per heavy atom. The van der Waals surface area contributed by atoms with E-state index in [4.69, 9.17) is 14.9 Å². The molecule has 0 fully saturated rings. The van der Waals surface area contributed by atoms with Crippen LogP contribution in [0.15, 0.2) is 89.7 Å². The summed E-state index contributed by atoms with van der Waals surface area (Å²) in [6.07, 6.45) is 6.29. The maximum absolute atomic E-state index is 14.0. The SMILES string of the molecule is CC(C)(C)OC(=O)NC(C)(C)C(=O)N[C@H](Cc1c[nH]c2ccccc12)c1nnc(CCCc2c[nH]c3ccccc23)n1Cc1ccc(Br)cc1. The molecule has 6 aromatic rings. The number of aromatic nitrogens is 5. The number of alkyl carbamates (subject to hydrolysis) is 1. The van der Waals surface area contributed by atoms with E-state index < -0.39 is 23.3 Å². The van der Waals surface area contributed by atoms with E-state index in [0.29, 0.717) is 25.2 Å². The Hall–Kier alpha value is -4.90. The van der Waals surface area contributed by atoms with Crippen LogP contribution in [0.3, 0.4) is 0 Å². The van der Waals surface area contributed by atoms with Gasteiger partial charge in [0.15, 0.2) is 5.82 Å². The molecule has 11 heteroatoms. The van der Waals surface area contributed by atoms with Crippen molar-refractivity contribution in [1.82, 2.24) is 35.4 Å². The number of aromatic amines is 2. The van der Waals surface area contributed by atoms with Crippen molar-refractivity contribution >= 4 is 49.7 Å². The zero-order valence-electron chi connectivity index (χ0n) is 29.1. The summed E-state index contributed by atoms with van der Waals surface area (Å²) < 4.78 is 8.59. The van der Waals surface area contributed by atoms with E-state index >= 15 is 0 Å². The minimum Gasteiger partial charge on any atom is -0.444 e. The summed E-state index contributed by atoms with van der Waals surface area (Å²) in [5.74, 6) is 1.11. The molecule has 0 bridgehead atoms. The number of benzene rings is 3. The summed E-state index contributed by atoms with van der Waals surface area (Å²) in [4.78, 5) is 33.5. The van der Waals surface area contributed by atoms with E-state index in [9.17, 15) is 9.59 Å². The second-order valence-electron chi connectivity index (χ2n) is 14.2. The molecule has 3 heterocycles. The van der Waals surface area contributed by atoms with Crippen LogP contribution >= 0.6 is 15.9 Å². The van der Waals surface area contributed by atoms with Crippen LogP contribution < -0.4 is 10.6 Å². The number of hydrogen-bond donors (Lipinski definition) is 4. The molecule has 0 unspecified atom stereocenters. The Bertz CT molecular complexity index is 2100. The summed E-state index contributed by atoms with van der Waals surface area (Å²) in [7, 11) is 0. The number of carbonyl (C=O) groups is 2. The van der Waals surface area contributed by atoms with Crippen molar-refractivity contribution in [2.75, 3.05) is 0 Å². The highest BCUT2D eigenvalue weighted by Gasteiger charge is 2.35. The van der Waals surface area contributed by atoms with Gasteiger partial charge in [-0.3, -0.25) is 4.79 Å². The molecule has 10 nitrogen and oxygen atoms in total. The van der Waals surface area contributed by atoms with Crippen LogP contribution in [0.2, 0.25) is 0 Å². The predicted octanol–water partition coefficient (Wildman–Crippen LogP) is 7.93. The van der Waals surface area contributed by atoms with E-state index in [1.54, 1.807) is 34.6 Å². The fourth-order valence-electron chi connectivity index (χ4n) is 6.19. The lowest BCUT2D eigenvalue weighted by Crippen LogP contribution is -2.56. The number of rotatable bonds is 12. The van der Waals surface area contributed by atoms with Crippen LogP contribution in [0.25, 0.3) is 21.8 Å². The molecular weight excluding hydrogens is 694 g/mol. The van der Waals surface area contributed by atoms with Crippen LogP contribution in [0.5, 0.6) is 0 Å². The zero-order valence-corrected chi connectivity index (χ0v) is 30.7. The fourth-order valence-corrected chi connectivity index (χ4v) is 6.46. The second kappa shape index (κ2) is 14.5. The summed E-state index contributed by atoms with van der Waals surface area (Å²) >= 11 is 3.55. The molecule has 0 spiro atoms. The van der Waals surface area contributed by atoms with Crippen LogP contribution in [-0.2, 0) is 35.3 Å². The number of amides is 2. The first kappa shape index (κ1) is 34.9. The average molecular weight is 739 g/mol. The van der Waals surface area contributed by atoms with Crippen molar-refractivity contribution < 1.29 is 14.3 Å². The molecular formula is C39H44BrN7O3. The normalized spacial score (nSPS) is 12.7. The number of H-pyrrole nitrogens is 2. The highest BCUT2D eigenvalue weighted by Crippen LogP contribution is 2.27. The largest absolute Gasteiger partial charge is 0.444 e. The van der Waals surface area contributed by atoms with E-state index in [1.165, 1.54) is 10.9 Å². The Morgan fingerprint density at radius 3 is 2.12 bits per heavy atom. The molecule has 0 saturated heterocycles. The maximum Gasteiger partial charge on any atom is 0.408 e. The maximum atomic E-state index is 14.0. The molecule has 0 aliphatic carbocycles. The van der Waals surface area contributed by atoms with Crippen molar-refractivity contribution in [3.8, 4) is 0 Å². The summed E-state index contributed by atoms with van der Waals surface area (Å²) in [5, 5.41) is 17.8. The van der Waals surface area contributed by atoms with Crippen molar-refractivity contribution in [2.24, 2.45) is 0 Å². The lowest BCUT2D eigenvalue weighted by Gasteiger charge is -2.29. The highest BCUT2D eigenvalue weighted by molar-refractivity contribution is 9.10. The Labute approximate surface area is 300 Å². The summed E-state index contributed by atoms with van der Waals surface area (Å²) in [6, 6.07) is 24.0. The molecule has 0 aliphatic rings. The minimum atomic E-state index is -1.28. The first-order chi connectivity index (χ1) is 23.9. The third kappa shape index (κ3) is 8.27. The molecule has 260 valence electrons. The van der Waals surface area contributed by atoms with Gasteiger partial charge in [-0.2, -0.15) is 0 Å². The first-order valence-corrected chi connectivity index (χ1v) is 17.7. The molecule has 4 N–H and O–H groups in total. The van der Waals surface area contributed by atoms with E-state index in [1.807, 2.05) is 42.6 Å². The molecule has 3 aromatic carbocycles. The number of fused-ring (bicyclic) bond motifs is 2. The van der Waals surface area contributed by atoms with E-state index in [0.717, 1.165) is 50.7 Å². The van der Waals surface area contributed by atoms with Gasteiger partial charge in [-0.25, -0.2) is 4.79 Å². The van der Waals surface area contributed by atoms with Gasteiger partial charge in [0.25, 0.3) is 0 Å². The van der Waals surface area contributed by atoms with Gasteiger partial charge >= 0.3 is 6.09 Å². The number of nitrogens with zero attached hydrogens (tertiary/aromatic N) is 3. The first-order valence-electron chi connectivity index (χ1n) is 16.9. The van der Waals surface area contributed by atoms with Crippen molar-refractivity contribution in [3.63, 3.8) is 0 Å². The lowest BCUT2D eigenvalue weighted by molar-refractivity contribution is -0.127. The second-order valence-corrected chi connectivity index (χ2v) is 15.2. The molecule has 50 heavy (non-hydrogen) atoms. The molecule has 3 aromatic heterocycles.